The summed E-state index contributed by atoms with van der Waals surface area (Å²) in [6.45, 7) is 1.14. The third-order valence-electron chi connectivity index (χ3n) is 5.16. The average molecular weight is 434 g/mol. The summed E-state index contributed by atoms with van der Waals surface area (Å²) in [5, 5.41) is 2.01. The standard InChI is InChI=1S/C19H19N3O5S2/c1-21-18(24)14-3-2-13(10-15(14)19(21)25)29(26,27)20-7-4-17(23)22-8-5-16-12(11-22)6-9-28-16/h2-3,6,9-10,20H,4-5,7-8,11H2,1H3. The van der Waals surface area contributed by atoms with Crippen LogP contribution in [0.3, 0.4) is 0 Å². The number of imide groups is 1. The molecule has 0 spiro atoms. The highest BCUT2D eigenvalue weighted by molar-refractivity contribution is 7.89. The molecule has 0 unspecified atom stereocenters. The Morgan fingerprint density at radius 1 is 1.17 bits per heavy atom. The number of hydrogen-bond acceptors (Lipinski definition) is 6. The number of sulfonamides is 1. The Hall–Kier alpha value is -2.56. The second-order valence-electron chi connectivity index (χ2n) is 6.96. The summed E-state index contributed by atoms with van der Waals surface area (Å²) in [5.74, 6) is -1.10. The largest absolute Gasteiger partial charge is 0.338 e. The summed E-state index contributed by atoms with van der Waals surface area (Å²) >= 11 is 1.69. The average Bonchev–Trinajstić information content (AvgIpc) is 3.26. The third-order valence-corrected chi connectivity index (χ3v) is 7.64. The van der Waals surface area contributed by atoms with Gasteiger partial charge < -0.3 is 4.90 Å². The third kappa shape index (κ3) is 3.59. The summed E-state index contributed by atoms with van der Waals surface area (Å²) in [4.78, 5) is 40.3. The number of amides is 3. The van der Waals surface area contributed by atoms with E-state index in [1.54, 1.807) is 16.2 Å². The first-order chi connectivity index (χ1) is 13.8. The first-order valence-electron chi connectivity index (χ1n) is 9.07. The van der Waals surface area contributed by atoms with Crippen molar-refractivity contribution in [3.05, 3.63) is 51.2 Å². The molecule has 3 amide bonds. The zero-order valence-corrected chi connectivity index (χ0v) is 17.3. The molecular formula is C19H19N3O5S2. The van der Waals surface area contributed by atoms with Gasteiger partial charge in [0, 0.05) is 38.0 Å². The number of nitrogens with one attached hydrogen (secondary N) is 1. The van der Waals surface area contributed by atoms with Gasteiger partial charge in [0.2, 0.25) is 15.9 Å². The van der Waals surface area contributed by atoms with Gasteiger partial charge in [-0.25, -0.2) is 13.1 Å². The normalized spacial score (nSPS) is 16.2. The molecule has 0 bridgehead atoms. The van der Waals surface area contributed by atoms with Crippen LogP contribution < -0.4 is 4.72 Å². The lowest BCUT2D eigenvalue weighted by molar-refractivity contribution is -0.131. The predicted octanol–water partition coefficient (Wildman–Crippen LogP) is 1.23. The number of benzene rings is 1. The summed E-state index contributed by atoms with van der Waals surface area (Å²) < 4.78 is 27.5. The van der Waals surface area contributed by atoms with Gasteiger partial charge in [-0.1, -0.05) is 0 Å². The van der Waals surface area contributed by atoms with Crippen LogP contribution in [0.25, 0.3) is 0 Å². The van der Waals surface area contributed by atoms with Gasteiger partial charge in [0.1, 0.15) is 0 Å². The number of rotatable bonds is 5. The summed E-state index contributed by atoms with van der Waals surface area (Å²) in [6.07, 6.45) is 0.866. The summed E-state index contributed by atoms with van der Waals surface area (Å²) in [5.41, 5.74) is 1.40. The summed E-state index contributed by atoms with van der Waals surface area (Å²) in [7, 11) is -2.56. The van der Waals surface area contributed by atoms with Crippen LogP contribution in [0.2, 0.25) is 0 Å². The molecule has 0 saturated carbocycles. The Labute approximate surface area is 172 Å². The van der Waals surface area contributed by atoms with E-state index in [1.807, 2.05) is 11.4 Å². The number of nitrogens with zero attached hydrogens (tertiary/aromatic N) is 2. The maximum atomic E-state index is 12.5. The van der Waals surface area contributed by atoms with Crippen LogP contribution in [0.4, 0.5) is 0 Å². The quantitative estimate of drug-likeness (QED) is 0.715. The molecule has 10 heteroatoms. The Balaban J connectivity index is 1.38. The van der Waals surface area contributed by atoms with Crippen LogP contribution in [-0.2, 0) is 27.8 Å². The fourth-order valence-corrected chi connectivity index (χ4v) is 5.45. The zero-order valence-electron chi connectivity index (χ0n) is 15.7. The van der Waals surface area contributed by atoms with Crippen molar-refractivity contribution in [3.8, 4) is 0 Å². The van der Waals surface area contributed by atoms with E-state index in [-0.39, 0.29) is 34.9 Å². The van der Waals surface area contributed by atoms with Gasteiger partial charge in [-0.05, 0) is 41.6 Å². The van der Waals surface area contributed by atoms with Gasteiger partial charge in [0.25, 0.3) is 11.8 Å². The number of carbonyl (C=O) groups is 3. The van der Waals surface area contributed by atoms with Crippen molar-refractivity contribution in [2.45, 2.75) is 24.3 Å². The number of fused-ring (bicyclic) bond motifs is 2. The highest BCUT2D eigenvalue weighted by Crippen LogP contribution is 2.25. The van der Waals surface area contributed by atoms with Gasteiger partial charge in [-0.15, -0.1) is 11.3 Å². The smallest absolute Gasteiger partial charge is 0.261 e. The van der Waals surface area contributed by atoms with Gasteiger partial charge in [-0.3, -0.25) is 19.3 Å². The van der Waals surface area contributed by atoms with Crippen LogP contribution in [0, 0.1) is 0 Å². The van der Waals surface area contributed by atoms with E-state index in [0.717, 1.165) is 16.9 Å². The fourth-order valence-electron chi connectivity index (χ4n) is 3.50. The number of hydrogen-bond donors (Lipinski definition) is 1. The van der Waals surface area contributed by atoms with E-state index in [4.69, 9.17) is 0 Å². The topological polar surface area (TPSA) is 104 Å². The summed E-state index contributed by atoms with van der Waals surface area (Å²) in [6, 6.07) is 5.84. The molecule has 2 aliphatic rings. The molecule has 1 aromatic carbocycles. The van der Waals surface area contributed by atoms with Gasteiger partial charge in [-0.2, -0.15) is 0 Å². The molecule has 0 saturated heterocycles. The van der Waals surface area contributed by atoms with Gasteiger partial charge >= 0.3 is 0 Å². The molecule has 8 nitrogen and oxygen atoms in total. The molecule has 0 fully saturated rings. The molecule has 0 aliphatic carbocycles. The molecule has 0 atom stereocenters. The molecule has 29 heavy (non-hydrogen) atoms. The van der Waals surface area contributed by atoms with Crippen molar-refractivity contribution >= 4 is 39.1 Å². The van der Waals surface area contributed by atoms with Crippen molar-refractivity contribution in [1.82, 2.24) is 14.5 Å². The minimum Gasteiger partial charge on any atom is -0.338 e. The van der Waals surface area contributed by atoms with Crippen LogP contribution in [0.15, 0.2) is 34.5 Å². The van der Waals surface area contributed by atoms with E-state index >= 15 is 0 Å². The lowest BCUT2D eigenvalue weighted by atomic mass is 10.1. The van der Waals surface area contributed by atoms with Crippen LogP contribution in [0.5, 0.6) is 0 Å². The number of carbonyl (C=O) groups excluding carboxylic acids is 3. The first kappa shape index (κ1) is 19.7. The SMILES string of the molecule is CN1C(=O)c2ccc(S(=O)(=O)NCCC(=O)N3CCc4sccc4C3)cc2C1=O. The molecule has 0 radical (unpaired) electrons. The van der Waals surface area contributed by atoms with E-state index in [1.165, 1.54) is 30.1 Å². The molecule has 2 aliphatic heterocycles. The molecular weight excluding hydrogens is 414 g/mol. The lowest BCUT2D eigenvalue weighted by Gasteiger charge is -2.27. The van der Waals surface area contributed by atoms with E-state index in [9.17, 15) is 22.8 Å². The molecule has 152 valence electrons. The second kappa shape index (κ2) is 7.36. The maximum Gasteiger partial charge on any atom is 0.261 e. The lowest BCUT2D eigenvalue weighted by Crippen LogP contribution is -2.37. The Morgan fingerprint density at radius 3 is 2.72 bits per heavy atom. The van der Waals surface area contributed by atoms with Crippen LogP contribution in [0.1, 0.15) is 37.6 Å². The monoisotopic (exact) mass is 433 g/mol. The molecule has 1 aromatic heterocycles. The zero-order chi connectivity index (χ0) is 20.8. The van der Waals surface area contributed by atoms with Crippen molar-refractivity contribution in [2.24, 2.45) is 0 Å². The van der Waals surface area contributed by atoms with Gasteiger partial charge in [0.05, 0.1) is 16.0 Å². The highest BCUT2D eigenvalue weighted by Gasteiger charge is 2.34. The van der Waals surface area contributed by atoms with Crippen molar-refractivity contribution in [1.29, 1.82) is 0 Å². The minimum atomic E-state index is -3.91. The predicted molar refractivity (Wildman–Crippen MR) is 106 cm³/mol. The molecule has 2 aromatic rings. The van der Waals surface area contributed by atoms with Gasteiger partial charge in [0.15, 0.2) is 0 Å². The Bertz CT molecular complexity index is 1120. The van der Waals surface area contributed by atoms with Crippen molar-refractivity contribution in [2.75, 3.05) is 20.1 Å². The Morgan fingerprint density at radius 2 is 1.93 bits per heavy atom. The van der Waals surface area contributed by atoms with Crippen molar-refractivity contribution < 1.29 is 22.8 Å². The van der Waals surface area contributed by atoms with Crippen LogP contribution in [-0.4, -0.2) is 56.1 Å². The van der Waals surface area contributed by atoms with Crippen LogP contribution >= 0.6 is 11.3 Å². The molecule has 4 rings (SSSR count). The molecule has 3 heterocycles. The van der Waals surface area contributed by atoms with E-state index in [0.29, 0.717) is 13.1 Å². The van der Waals surface area contributed by atoms with Crippen molar-refractivity contribution in [3.63, 3.8) is 0 Å². The Kier molecular flexibility index (Phi) is 5.01. The van der Waals surface area contributed by atoms with E-state index in [2.05, 4.69) is 4.72 Å². The second-order valence-corrected chi connectivity index (χ2v) is 9.73. The highest BCUT2D eigenvalue weighted by atomic mass is 32.2. The minimum absolute atomic E-state index is 0.0436. The van der Waals surface area contributed by atoms with E-state index < -0.39 is 21.8 Å². The number of thiophene rings is 1. The fraction of sp³-hybridized carbons (Fsp3) is 0.316. The first-order valence-corrected chi connectivity index (χ1v) is 11.4. The molecule has 1 N–H and O–H groups in total. The maximum absolute atomic E-state index is 12.5.